The summed E-state index contributed by atoms with van der Waals surface area (Å²) < 4.78 is 22.7. The maximum absolute atomic E-state index is 11.3. The van der Waals surface area contributed by atoms with Crippen molar-refractivity contribution in [1.82, 2.24) is 0 Å². The van der Waals surface area contributed by atoms with E-state index in [4.69, 9.17) is 10.8 Å². The number of aliphatic hydroxyl groups excluding tert-OH is 1. The van der Waals surface area contributed by atoms with Crippen molar-refractivity contribution in [3.63, 3.8) is 0 Å². The maximum Gasteiger partial charge on any atom is 0.153 e. The van der Waals surface area contributed by atoms with Crippen molar-refractivity contribution >= 4 is 9.84 Å². The third-order valence-electron chi connectivity index (χ3n) is 2.67. The van der Waals surface area contributed by atoms with Crippen LogP contribution in [0.4, 0.5) is 0 Å². The van der Waals surface area contributed by atoms with Crippen LogP contribution in [0.15, 0.2) is 0 Å². The number of nitrogens with two attached hydrogens (primary N) is 1. The highest BCUT2D eigenvalue weighted by Gasteiger charge is 2.59. The smallest absolute Gasteiger partial charge is 0.153 e. The van der Waals surface area contributed by atoms with Crippen molar-refractivity contribution in [3.05, 3.63) is 0 Å². The Hall–Kier alpha value is -0.130. The van der Waals surface area contributed by atoms with E-state index in [-0.39, 0.29) is 18.9 Å². The molecule has 1 rings (SSSR count). The Kier molecular flexibility index (Phi) is 2.47. The molecule has 2 atom stereocenters. The van der Waals surface area contributed by atoms with E-state index < -0.39 is 20.5 Å². The molecule has 0 unspecified atom stereocenters. The number of aliphatic hydroxyl groups is 1. The summed E-state index contributed by atoms with van der Waals surface area (Å²) in [4.78, 5) is 0. The Bertz CT molecular complexity index is 256. The Morgan fingerprint density at radius 1 is 1.67 bits per heavy atom. The molecule has 0 saturated heterocycles. The second kappa shape index (κ2) is 2.97. The highest BCUT2D eigenvalue weighted by molar-refractivity contribution is 7.92. The molecule has 1 aliphatic rings. The van der Waals surface area contributed by atoms with Crippen LogP contribution in [0.1, 0.15) is 13.3 Å². The first-order chi connectivity index (χ1) is 5.52. The minimum atomic E-state index is -3.00. The van der Waals surface area contributed by atoms with Gasteiger partial charge in [-0.1, -0.05) is 6.92 Å². The van der Waals surface area contributed by atoms with Crippen LogP contribution in [0.2, 0.25) is 0 Å². The summed E-state index contributed by atoms with van der Waals surface area (Å²) in [6, 6.07) is 0. The van der Waals surface area contributed by atoms with Gasteiger partial charge in [-0.05, 0) is 6.42 Å². The van der Waals surface area contributed by atoms with E-state index in [1.165, 1.54) is 0 Å². The molecule has 0 aromatic heterocycles. The van der Waals surface area contributed by atoms with Gasteiger partial charge in [-0.2, -0.15) is 0 Å². The zero-order valence-corrected chi connectivity index (χ0v) is 7.97. The first-order valence-corrected chi connectivity index (χ1v) is 5.76. The topological polar surface area (TPSA) is 80.4 Å². The van der Waals surface area contributed by atoms with Crippen molar-refractivity contribution in [2.24, 2.45) is 11.1 Å². The number of hydrogen-bond donors (Lipinski definition) is 2. The van der Waals surface area contributed by atoms with Gasteiger partial charge in [0.1, 0.15) is 0 Å². The molecule has 0 radical (unpaired) electrons. The summed E-state index contributed by atoms with van der Waals surface area (Å²) in [6.45, 7) is 1.76. The van der Waals surface area contributed by atoms with Crippen molar-refractivity contribution in [3.8, 4) is 0 Å². The van der Waals surface area contributed by atoms with Crippen LogP contribution < -0.4 is 5.73 Å². The largest absolute Gasteiger partial charge is 0.396 e. The highest BCUT2D eigenvalue weighted by atomic mass is 32.2. The van der Waals surface area contributed by atoms with E-state index in [9.17, 15) is 8.42 Å². The van der Waals surface area contributed by atoms with E-state index in [0.717, 1.165) is 0 Å². The lowest BCUT2D eigenvalue weighted by molar-refractivity contribution is 0.217. The molecule has 0 amide bonds. The molecule has 0 aromatic carbocycles. The SMILES string of the molecule is CCS(=O)(=O)[C@H]1C[C@]1(CN)CO. The monoisotopic (exact) mass is 193 g/mol. The first-order valence-electron chi connectivity index (χ1n) is 4.05. The molecule has 0 aromatic rings. The molecule has 72 valence electrons. The molecule has 0 heterocycles. The molecule has 12 heavy (non-hydrogen) atoms. The molecule has 0 spiro atoms. The van der Waals surface area contributed by atoms with E-state index in [2.05, 4.69) is 0 Å². The number of rotatable bonds is 4. The lowest BCUT2D eigenvalue weighted by Gasteiger charge is -2.09. The molecule has 1 fully saturated rings. The maximum atomic E-state index is 11.3. The van der Waals surface area contributed by atoms with Gasteiger partial charge in [0.2, 0.25) is 0 Å². The van der Waals surface area contributed by atoms with Gasteiger partial charge in [-0.3, -0.25) is 0 Å². The van der Waals surface area contributed by atoms with Gasteiger partial charge in [0.25, 0.3) is 0 Å². The van der Waals surface area contributed by atoms with Crippen LogP contribution in [0.25, 0.3) is 0 Å². The highest BCUT2D eigenvalue weighted by Crippen LogP contribution is 2.49. The van der Waals surface area contributed by atoms with Crippen molar-refractivity contribution in [2.75, 3.05) is 18.9 Å². The first kappa shape index (κ1) is 9.95. The molecule has 3 N–H and O–H groups in total. The predicted octanol–water partition coefficient (Wildman–Crippen LogP) is -0.869. The molecular weight excluding hydrogens is 178 g/mol. The Morgan fingerprint density at radius 2 is 2.25 bits per heavy atom. The van der Waals surface area contributed by atoms with Crippen LogP contribution in [0.3, 0.4) is 0 Å². The van der Waals surface area contributed by atoms with Gasteiger partial charge in [0.15, 0.2) is 9.84 Å². The predicted molar refractivity (Wildman–Crippen MR) is 46.4 cm³/mol. The second-order valence-electron chi connectivity index (χ2n) is 3.37. The molecular formula is C7H15NO3S. The third-order valence-corrected chi connectivity index (χ3v) is 5.01. The van der Waals surface area contributed by atoms with Gasteiger partial charge >= 0.3 is 0 Å². The second-order valence-corrected chi connectivity index (χ2v) is 5.84. The lowest BCUT2D eigenvalue weighted by Crippen LogP contribution is -2.27. The third kappa shape index (κ3) is 1.36. The molecule has 0 bridgehead atoms. The van der Waals surface area contributed by atoms with Crippen LogP contribution in [0, 0.1) is 5.41 Å². The van der Waals surface area contributed by atoms with Crippen molar-refractivity contribution in [2.45, 2.75) is 18.6 Å². The summed E-state index contributed by atoms with van der Waals surface area (Å²) in [5, 5.41) is 8.54. The summed E-state index contributed by atoms with van der Waals surface area (Å²) in [7, 11) is -3.00. The van der Waals surface area contributed by atoms with E-state index in [1.54, 1.807) is 6.92 Å². The zero-order chi connectivity index (χ0) is 9.41. The fourth-order valence-electron chi connectivity index (χ4n) is 1.47. The number of hydrogen-bond acceptors (Lipinski definition) is 4. The van der Waals surface area contributed by atoms with Crippen molar-refractivity contribution in [1.29, 1.82) is 0 Å². The van der Waals surface area contributed by atoms with Crippen LogP contribution in [0.5, 0.6) is 0 Å². The van der Waals surface area contributed by atoms with E-state index in [1.807, 2.05) is 0 Å². The van der Waals surface area contributed by atoms with Gasteiger partial charge < -0.3 is 10.8 Å². The minimum absolute atomic E-state index is 0.118. The summed E-state index contributed by atoms with van der Waals surface area (Å²) in [6.07, 6.45) is 0.524. The Balaban J connectivity index is 2.74. The standard InChI is InChI=1S/C7H15NO3S/c1-2-12(10,11)6-3-7(6,4-8)5-9/h6,9H,2-5,8H2,1H3/t6-,7-/m0/s1. The molecule has 5 heteroatoms. The average molecular weight is 193 g/mol. The Labute approximate surface area is 72.7 Å². The zero-order valence-electron chi connectivity index (χ0n) is 7.16. The van der Waals surface area contributed by atoms with Gasteiger partial charge in [-0.15, -0.1) is 0 Å². The molecule has 0 aliphatic heterocycles. The molecule has 1 saturated carbocycles. The van der Waals surface area contributed by atoms with Gasteiger partial charge in [0.05, 0.1) is 11.9 Å². The lowest BCUT2D eigenvalue weighted by atomic mass is 10.1. The fourth-order valence-corrected chi connectivity index (χ4v) is 3.39. The normalized spacial score (nSPS) is 35.1. The summed E-state index contributed by atoms with van der Waals surface area (Å²) >= 11 is 0. The average Bonchev–Trinajstić information content (AvgIpc) is 2.80. The molecule has 4 nitrogen and oxygen atoms in total. The quantitative estimate of drug-likeness (QED) is 0.608. The van der Waals surface area contributed by atoms with Gasteiger partial charge in [0, 0.05) is 17.7 Å². The summed E-state index contributed by atoms with van der Waals surface area (Å²) in [5.41, 5.74) is 4.88. The molecule has 1 aliphatic carbocycles. The van der Waals surface area contributed by atoms with E-state index >= 15 is 0 Å². The van der Waals surface area contributed by atoms with Gasteiger partial charge in [-0.25, -0.2) is 8.42 Å². The van der Waals surface area contributed by atoms with Crippen molar-refractivity contribution < 1.29 is 13.5 Å². The van der Waals surface area contributed by atoms with E-state index in [0.29, 0.717) is 6.42 Å². The van der Waals surface area contributed by atoms with Crippen LogP contribution in [-0.4, -0.2) is 37.7 Å². The van der Waals surface area contributed by atoms with Crippen LogP contribution >= 0.6 is 0 Å². The summed E-state index contributed by atoms with van der Waals surface area (Å²) in [5.74, 6) is 0.138. The fraction of sp³-hybridized carbons (Fsp3) is 1.00. The Morgan fingerprint density at radius 3 is 2.50 bits per heavy atom. The number of sulfone groups is 1. The van der Waals surface area contributed by atoms with Crippen LogP contribution in [-0.2, 0) is 9.84 Å². The minimum Gasteiger partial charge on any atom is -0.396 e.